The molecule has 0 radical (unpaired) electrons. The van der Waals surface area contributed by atoms with E-state index >= 15 is 8.78 Å². The summed E-state index contributed by atoms with van der Waals surface area (Å²) < 4.78 is 65.0. The molecule has 4 heterocycles. The summed E-state index contributed by atoms with van der Waals surface area (Å²) >= 11 is 0. The van der Waals surface area contributed by atoms with Crippen molar-refractivity contribution in [1.82, 2.24) is 25.3 Å². The number of carbonyl (C=O) groups is 2. The summed E-state index contributed by atoms with van der Waals surface area (Å²) in [6.07, 6.45) is 10.9. The minimum absolute atomic E-state index is 0.0595. The van der Waals surface area contributed by atoms with E-state index < -0.39 is 40.5 Å². The van der Waals surface area contributed by atoms with E-state index in [0.717, 1.165) is 68.1 Å². The average molecular weight is 757 g/mol. The van der Waals surface area contributed by atoms with Gasteiger partial charge >= 0.3 is 5.97 Å². The Balaban J connectivity index is 1.04. The molecule has 8 rings (SSSR count). The number of hydrogen-bond donors (Lipinski definition) is 2. The lowest BCUT2D eigenvalue weighted by molar-refractivity contribution is -0.146. The molecule has 6 aliphatic rings. The molecule has 14 heteroatoms. The lowest BCUT2D eigenvalue weighted by Gasteiger charge is -2.37. The van der Waals surface area contributed by atoms with Crippen molar-refractivity contribution in [1.29, 1.82) is 0 Å². The van der Waals surface area contributed by atoms with E-state index in [0.29, 0.717) is 64.7 Å². The van der Waals surface area contributed by atoms with Gasteiger partial charge in [-0.15, -0.1) is 0 Å². The molecule has 2 bridgehead atoms. The monoisotopic (exact) mass is 756 g/mol. The predicted molar refractivity (Wildman–Crippen MR) is 193 cm³/mol. The molecule has 2 N–H and O–H groups in total. The highest BCUT2D eigenvalue weighted by Gasteiger charge is 2.57. The van der Waals surface area contributed by atoms with Crippen molar-refractivity contribution in [2.24, 2.45) is 17.8 Å². The second-order valence-corrected chi connectivity index (χ2v) is 17.2. The Morgan fingerprint density at radius 1 is 1.02 bits per heavy atom. The molecule has 3 aliphatic carbocycles. The van der Waals surface area contributed by atoms with Gasteiger partial charge < -0.3 is 20.1 Å². The maximum atomic E-state index is 15.4. The number of halogens is 4. The van der Waals surface area contributed by atoms with Gasteiger partial charge in [-0.25, -0.2) is 33.6 Å². The van der Waals surface area contributed by atoms with Crippen molar-refractivity contribution in [3.8, 4) is 5.75 Å². The average Bonchev–Trinajstić information content (AvgIpc) is 3.75. The molecule has 4 unspecified atom stereocenters. The zero-order valence-corrected chi connectivity index (χ0v) is 31.3. The van der Waals surface area contributed by atoms with Crippen LogP contribution < -0.4 is 15.0 Å². The maximum absolute atomic E-state index is 15.4. The van der Waals surface area contributed by atoms with E-state index in [-0.39, 0.29) is 48.7 Å². The summed E-state index contributed by atoms with van der Waals surface area (Å²) in [5.41, 5.74) is -1.05. The number of carbonyl (C=O) groups excluding carboxylic acids is 1. The number of alkyl halides is 4. The molecule has 5 fully saturated rings. The molecule has 2 aromatic rings. The number of hydrazine groups is 1. The lowest BCUT2D eigenvalue weighted by Crippen LogP contribution is -2.57. The summed E-state index contributed by atoms with van der Waals surface area (Å²) in [6.45, 7) is 4.72. The van der Waals surface area contributed by atoms with Crippen LogP contribution in [0.5, 0.6) is 5.75 Å². The van der Waals surface area contributed by atoms with Crippen LogP contribution >= 0.6 is 0 Å². The van der Waals surface area contributed by atoms with E-state index in [4.69, 9.17) is 4.74 Å². The van der Waals surface area contributed by atoms with Crippen molar-refractivity contribution in [2.75, 3.05) is 37.6 Å². The van der Waals surface area contributed by atoms with Gasteiger partial charge in [-0.05, 0) is 92.9 Å². The number of aromatic nitrogens is 2. The third-order valence-corrected chi connectivity index (χ3v) is 13.6. The van der Waals surface area contributed by atoms with Gasteiger partial charge in [-0.1, -0.05) is 32.6 Å². The molecular formula is C40H52F4N6O4. The van der Waals surface area contributed by atoms with Crippen LogP contribution in [-0.2, 0) is 16.1 Å². The Morgan fingerprint density at radius 2 is 1.78 bits per heavy atom. The molecule has 3 saturated carbocycles. The summed E-state index contributed by atoms with van der Waals surface area (Å²) in [6, 6.07) is 5.88. The number of piperidine rings is 1. The van der Waals surface area contributed by atoms with Crippen molar-refractivity contribution >= 4 is 23.5 Å². The van der Waals surface area contributed by atoms with Gasteiger partial charge in [-0.3, -0.25) is 4.79 Å². The van der Waals surface area contributed by atoms with Crippen LogP contribution in [-0.4, -0.2) is 87.3 Å². The summed E-state index contributed by atoms with van der Waals surface area (Å²) in [5, 5.41) is 17.0. The number of benzene rings is 1. The van der Waals surface area contributed by atoms with Crippen molar-refractivity contribution < 1.29 is 37.0 Å². The van der Waals surface area contributed by atoms with E-state index in [1.54, 1.807) is 5.01 Å². The second kappa shape index (κ2) is 13.9. The predicted octanol–water partition coefficient (Wildman–Crippen LogP) is 7.44. The maximum Gasteiger partial charge on any atom is 0.329 e. The molecule has 54 heavy (non-hydrogen) atoms. The SMILES string of the molecule is CCC1CC2CC(C1)C(NC(=O)c1cnc(N3CC4(CCCCC4)c4cc(OC5CCN(N6CCC(F)(F)C6)CC5)ccc43)nc1C(C)(F)F)(C(=O)O)C2. The number of hydrogen-bond acceptors (Lipinski definition) is 8. The fourth-order valence-corrected chi connectivity index (χ4v) is 10.8. The zero-order valence-electron chi connectivity index (χ0n) is 31.3. The minimum Gasteiger partial charge on any atom is -0.490 e. The number of fused-ring (bicyclic) bond motifs is 4. The molecular weight excluding hydrogens is 704 g/mol. The Hall–Kier alpha value is -3.52. The van der Waals surface area contributed by atoms with E-state index in [2.05, 4.69) is 28.3 Å². The second-order valence-electron chi connectivity index (χ2n) is 17.2. The molecule has 294 valence electrons. The Labute approximate surface area is 314 Å². The highest BCUT2D eigenvalue weighted by atomic mass is 19.3. The van der Waals surface area contributed by atoms with Crippen LogP contribution in [0.1, 0.15) is 119 Å². The normalized spacial score (nSPS) is 29.7. The highest BCUT2D eigenvalue weighted by molar-refractivity contribution is 5.99. The quantitative estimate of drug-likeness (QED) is 0.252. The molecule has 4 atom stereocenters. The van der Waals surface area contributed by atoms with Crippen molar-refractivity contribution in [2.45, 2.75) is 126 Å². The van der Waals surface area contributed by atoms with Crippen LogP contribution in [0, 0.1) is 17.8 Å². The molecule has 1 aromatic carbocycles. The molecule has 1 aromatic heterocycles. The summed E-state index contributed by atoms with van der Waals surface area (Å²) in [5.74, 6) is -7.11. The van der Waals surface area contributed by atoms with Gasteiger partial charge in [0.2, 0.25) is 5.95 Å². The number of aliphatic carboxylic acids is 1. The van der Waals surface area contributed by atoms with Gasteiger partial charge in [0.1, 0.15) is 23.1 Å². The minimum atomic E-state index is -3.51. The topological polar surface area (TPSA) is 111 Å². The smallest absolute Gasteiger partial charge is 0.329 e. The number of carboxylic acids is 1. The fraction of sp³-hybridized carbons (Fsp3) is 0.700. The number of nitrogens with zero attached hydrogens (tertiary/aromatic N) is 5. The first kappa shape index (κ1) is 37.4. The Bertz CT molecular complexity index is 1760. The van der Waals surface area contributed by atoms with Gasteiger partial charge in [0, 0.05) is 56.8 Å². The molecule has 10 nitrogen and oxygen atoms in total. The van der Waals surface area contributed by atoms with Crippen LogP contribution in [0.2, 0.25) is 0 Å². The largest absolute Gasteiger partial charge is 0.490 e. The standard InChI is InChI=1S/C40H52F4N6O4/c1-3-25-17-26-19-27(18-25)40(21-26,35(52)53)47-34(51)30-22-45-36(46-33(30)37(2,41)42)50-23-38(11-5-4-6-12-38)31-20-29(7-8-32(31)50)54-28-9-14-48(15-10-28)49-16-13-39(43,44)24-49/h7-8,20,22,25-28H,3-6,9-19,21,23-24H2,1-2H3,(H,47,51)(H,52,53). The number of nitrogens with one attached hydrogen (secondary N) is 1. The first-order valence-corrected chi connectivity index (χ1v) is 20.0. The molecule has 3 aliphatic heterocycles. The third-order valence-electron chi connectivity index (χ3n) is 13.6. The zero-order chi connectivity index (χ0) is 38.0. The van der Waals surface area contributed by atoms with Crippen molar-refractivity contribution in [3.05, 3.63) is 41.2 Å². The van der Waals surface area contributed by atoms with Crippen molar-refractivity contribution in [3.63, 3.8) is 0 Å². The molecule has 1 amide bonds. The van der Waals surface area contributed by atoms with Gasteiger partial charge in [0.15, 0.2) is 0 Å². The van der Waals surface area contributed by atoms with Gasteiger partial charge in [-0.2, -0.15) is 8.78 Å². The number of ether oxygens (including phenoxy) is 1. The third kappa shape index (κ3) is 6.83. The summed E-state index contributed by atoms with van der Waals surface area (Å²) in [4.78, 5) is 37.4. The number of anilines is 2. The van der Waals surface area contributed by atoms with Gasteiger partial charge in [0.25, 0.3) is 17.8 Å². The number of rotatable bonds is 9. The van der Waals surface area contributed by atoms with Crippen LogP contribution in [0.25, 0.3) is 0 Å². The summed E-state index contributed by atoms with van der Waals surface area (Å²) in [7, 11) is 0. The number of amides is 1. The van der Waals surface area contributed by atoms with E-state index in [9.17, 15) is 23.5 Å². The first-order chi connectivity index (χ1) is 25.7. The number of carboxylic acid groups (broad SMARTS) is 1. The fourth-order valence-electron chi connectivity index (χ4n) is 10.8. The van der Waals surface area contributed by atoms with E-state index in [1.807, 2.05) is 22.0 Å². The highest BCUT2D eigenvalue weighted by Crippen LogP contribution is 2.53. The Morgan fingerprint density at radius 3 is 2.44 bits per heavy atom. The van der Waals surface area contributed by atoms with Crippen LogP contribution in [0.4, 0.5) is 29.2 Å². The Kier molecular flexibility index (Phi) is 9.63. The van der Waals surface area contributed by atoms with Crippen LogP contribution in [0.15, 0.2) is 24.4 Å². The first-order valence-electron chi connectivity index (χ1n) is 20.0. The molecule has 1 spiro atoms. The lowest BCUT2D eigenvalue weighted by atomic mass is 9.71. The van der Waals surface area contributed by atoms with Crippen LogP contribution in [0.3, 0.4) is 0 Å². The van der Waals surface area contributed by atoms with E-state index in [1.165, 1.54) is 0 Å². The van der Waals surface area contributed by atoms with Gasteiger partial charge in [0.05, 0.1) is 12.1 Å². The molecule has 2 saturated heterocycles.